The van der Waals surface area contributed by atoms with Crippen LogP contribution in [0.25, 0.3) is 0 Å². The fraction of sp³-hybridized carbons (Fsp3) is 0.333. The molecule has 2 heterocycles. The normalized spacial score (nSPS) is 17.1. The molecule has 2 aromatic rings. The van der Waals surface area contributed by atoms with Gasteiger partial charge in [0.2, 0.25) is 5.91 Å². The second kappa shape index (κ2) is 8.55. The quantitative estimate of drug-likeness (QED) is 0.838. The molecule has 1 aliphatic rings. The molecule has 2 N–H and O–H groups in total. The van der Waals surface area contributed by atoms with E-state index in [1.54, 1.807) is 30.5 Å². The number of aromatic nitrogens is 1. The predicted octanol–water partition coefficient (Wildman–Crippen LogP) is 2.01. The third-order valence-electron chi connectivity index (χ3n) is 3.78. The zero-order valence-electron chi connectivity index (χ0n) is 13.7. The van der Waals surface area contributed by atoms with Crippen molar-refractivity contribution in [1.82, 2.24) is 15.6 Å². The molecule has 1 aromatic carbocycles. The Balaban J connectivity index is 1.51. The molecule has 1 atom stereocenters. The van der Waals surface area contributed by atoms with E-state index >= 15 is 0 Å². The molecule has 7 heteroatoms. The van der Waals surface area contributed by atoms with E-state index in [2.05, 4.69) is 15.6 Å². The van der Waals surface area contributed by atoms with E-state index in [-0.39, 0.29) is 24.2 Å². The number of pyridine rings is 1. The van der Waals surface area contributed by atoms with Crippen molar-refractivity contribution in [1.29, 1.82) is 0 Å². The minimum Gasteiger partial charge on any atom is -0.453 e. The van der Waals surface area contributed by atoms with Crippen molar-refractivity contribution in [2.45, 2.75) is 19.0 Å². The lowest BCUT2D eigenvalue weighted by Crippen LogP contribution is -2.44. The Bertz CT molecular complexity index is 706. The number of hydrogen-bond acceptors (Lipinski definition) is 5. The summed E-state index contributed by atoms with van der Waals surface area (Å²) >= 11 is 0. The number of nitrogens with one attached hydrogen (secondary N) is 2. The average Bonchev–Trinajstić information content (AvgIpc) is 2.64. The van der Waals surface area contributed by atoms with Gasteiger partial charge in [0.05, 0.1) is 19.4 Å². The van der Waals surface area contributed by atoms with Crippen LogP contribution in [0.3, 0.4) is 0 Å². The van der Waals surface area contributed by atoms with Crippen LogP contribution < -0.4 is 15.4 Å². The second-order valence-electron chi connectivity index (χ2n) is 5.76. The summed E-state index contributed by atoms with van der Waals surface area (Å²) in [5.41, 5.74) is 0.664. The maximum atomic E-state index is 14.1. The molecular weight excluding hydrogens is 325 g/mol. The fourth-order valence-electron chi connectivity index (χ4n) is 2.52. The number of hydrogen-bond donors (Lipinski definition) is 2. The Morgan fingerprint density at radius 2 is 2.36 bits per heavy atom. The summed E-state index contributed by atoms with van der Waals surface area (Å²) in [6, 6.07) is 8.05. The zero-order chi connectivity index (χ0) is 17.5. The molecule has 3 rings (SSSR count). The van der Waals surface area contributed by atoms with Crippen LogP contribution in [-0.4, -0.2) is 36.7 Å². The minimum absolute atomic E-state index is 0.0285. The van der Waals surface area contributed by atoms with Gasteiger partial charge in [0.1, 0.15) is 5.75 Å². The molecule has 25 heavy (non-hydrogen) atoms. The van der Waals surface area contributed by atoms with Gasteiger partial charge in [-0.3, -0.25) is 9.78 Å². The number of carbonyl (C=O) groups excluding carboxylic acids is 1. The van der Waals surface area contributed by atoms with E-state index in [9.17, 15) is 9.18 Å². The van der Waals surface area contributed by atoms with Crippen molar-refractivity contribution in [3.8, 4) is 11.5 Å². The van der Waals surface area contributed by atoms with E-state index in [0.29, 0.717) is 30.9 Å². The third kappa shape index (κ3) is 5.23. The number of halogens is 1. The molecular formula is C18H20FN3O3. The van der Waals surface area contributed by atoms with Gasteiger partial charge in [-0.25, -0.2) is 4.39 Å². The van der Waals surface area contributed by atoms with Gasteiger partial charge in [-0.05, 0) is 29.8 Å². The number of ether oxygens (including phenoxy) is 2. The summed E-state index contributed by atoms with van der Waals surface area (Å²) < 4.78 is 24.9. The van der Waals surface area contributed by atoms with Crippen molar-refractivity contribution in [2.24, 2.45) is 0 Å². The highest BCUT2D eigenvalue weighted by atomic mass is 19.1. The molecule has 132 valence electrons. The van der Waals surface area contributed by atoms with Crippen LogP contribution in [0, 0.1) is 5.82 Å². The molecule has 1 fully saturated rings. The van der Waals surface area contributed by atoms with Crippen molar-refractivity contribution in [3.05, 3.63) is 54.1 Å². The van der Waals surface area contributed by atoms with Crippen LogP contribution in [0.2, 0.25) is 0 Å². The number of amides is 1. The topological polar surface area (TPSA) is 72.5 Å². The number of benzene rings is 1. The standard InChI is InChI=1S/C18H20FN3O3/c19-16-8-13(3-4-17(16)25-15-2-1-5-20-11-15)10-22-18(23)9-14-12-24-7-6-21-14/h1-5,8,11,14,21H,6-7,9-10,12H2,(H,22,23). The lowest BCUT2D eigenvalue weighted by Gasteiger charge is -2.23. The second-order valence-corrected chi connectivity index (χ2v) is 5.76. The molecule has 0 saturated carbocycles. The Morgan fingerprint density at radius 1 is 1.44 bits per heavy atom. The van der Waals surface area contributed by atoms with Crippen LogP contribution in [-0.2, 0) is 16.1 Å². The molecule has 1 aromatic heterocycles. The molecule has 1 saturated heterocycles. The van der Waals surface area contributed by atoms with E-state index < -0.39 is 5.82 Å². The molecule has 1 unspecified atom stereocenters. The number of morpholine rings is 1. The predicted molar refractivity (Wildman–Crippen MR) is 89.8 cm³/mol. The first kappa shape index (κ1) is 17.3. The molecule has 0 spiro atoms. The van der Waals surface area contributed by atoms with Crippen molar-refractivity contribution in [2.75, 3.05) is 19.8 Å². The maximum Gasteiger partial charge on any atom is 0.221 e. The summed E-state index contributed by atoms with van der Waals surface area (Å²) in [6.45, 7) is 2.21. The highest BCUT2D eigenvalue weighted by molar-refractivity contribution is 5.76. The van der Waals surface area contributed by atoms with Crippen LogP contribution >= 0.6 is 0 Å². The van der Waals surface area contributed by atoms with Crippen LogP contribution in [0.1, 0.15) is 12.0 Å². The van der Waals surface area contributed by atoms with E-state index in [4.69, 9.17) is 9.47 Å². The lowest BCUT2D eigenvalue weighted by atomic mass is 10.1. The first-order valence-electron chi connectivity index (χ1n) is 8.15. The summed E-state index contributed by atoms with van der Waals surface area (Å²) in [4.78, 5) is 15.9. The first-order chi connectivity index (χ1) is 12.2. The van der Waals surface area contributed by atoms with Gasteiger partial charge in [0.15, 0.2) is 11.6 Å². The van der Waals surface area contributed by atoms with E-state index in [1.165, 1.54) is 12.3 Å². The van der Waals surface area contributed by atoms with Gasteiger partial charge in [0.25, 0.3) is 0 Å². The van der Waals surface area contributed by atoms with Crippen molar-refractivity contribution in [3.63, 3.8) is 0 Å². The minimum atomic E-state index is -0.488. The van der Waals surface area contributed by atoms with Gasteiger partial charge in [-0.15, -0.1) is 0 Å². The van der Waals surface area contributed by atoms with Crippen LogP contribution in [0.4, 0.5) is 4.39 Å². The lowest BCUT2D eigenvalue weighted by molar-refractivity contribution is -0.122. The largest absolute Gasteiger partial charge is 0.453 e. The van der Waals surface area contributed by atoms with E-state index in [1.807, 2.05) is 0 Å². The monoisotopic (exact) mass is 345 g/mol. The number of carbonyl (C=O) groups is 1. The third-order valence-corrected chi connectivity index (χ3v) is 3.78. The molecule has 1 amide bonds. The Kier molecular flexibility index (Phi) is 5.92. The molecule has 0 bridgehead atoms. The van der Waals surface area contributed by atoms with E-state index in [0.717, 1.165) is 6.54 Å². The molecule has 0 aliphatic carbocycles. The van der Waals surface area contributed by atoms with Gasteiger partial charge in [0, 0.05) is 31.7 Å². The van der Waals surface area contributed by atoms with Gasteiger partial charge >= 0.3 is 0 Å². The molecule has 1 aliphatic heterocycles. The Labute approximate surface area is 145 Å². The highest BCUT2D eigenvalue weighted by Crippen LogP contribution is 2.24. The molecule has 6 nitrogen and oxygen atoms in total. The summed E-state index contributed by atoms with van der Waals surface area (Å²) in [7, 11) is 0. The average molecular weight is 345 g/mol. The highest BCUT2D eigenvalue weighted by Gasteiger charge is 2.16. The van der Waals surface area contributed by atoms with Gasteiger partial charge < -0.3 is 20.1 Å². The molecule has 0 radical (unpaired) electrons. The van der Waals surface area contributed by atoms with Crippen molar-refractivity contribution >= 4 is 5.91 Å². The Hall–Kier alpha value is -2.51. The van der Waals surface area contributed by atoms with Crippen molar-refractivity contribution < 1.29 is 18.7 Å². The number of rotatable bonds is 6. The zero-order valence-corrected chi connectivity index (χ0v) is 13.7. The smallest absolute Gasteiger partial charge is 0.221 e. The maximum absolute atomic E-state index is 14.1. The SMILES string of the molecule is O=C(CC1COCCN1)NCc1ccc(Oc2cccnc2)c(F)c1. The summed E-state index contributed by atoms with van der Waals surface area (Å²) in [5.74, 6) is -0.00618. The number of nitrogens with zero attached hydrogens (tertiary/aromatic N) is 1. The van der Waals surface area contributed by atoms with Crippen LogP contribution in [0.15, 0.2) is 42.7 Å². The van der Waals surface area contributed by atoms with Gasteiger partial charge in [-0.1, -0.05) is 6.07 Å². The van der Waals surface area contributed by atoms with Gasteiger partial charge in [-0.2, -0.15) is 0 Å². The summed E-state index contributed by atoms with van der Waals surface area (Å²) in [5, 5.41) is 6.01. The summed E-state index contributed by atoms with van der Waals surface area (Å²) in [6.07, 6.45) is 3.46. The fourth-order valence-corrected chi connectivity index (χ4v) is 2.52. The van der Waals surface area contributed by atoms with Crippen LogP contribution in [0.5, 0.6) is 11.5 Å². The Morgan fingerprint density at radius 3 is 3.08 bits per heavy atom. The first-order valence-corrected chi connectivity index (χ1v) is 8.15.